The number of pyridine rings is 1. The van der Waals surface area contributed by atoms with Gasteiger partial charge in [-0.05, 0) is 48.7 Å². The van der Waals surface area contributed by atoms with Crippen LogP contribution in [0.4, 0.5) is 0 Å². The number of rotatable bonds is 8. The zero-order valence-corrected chi connectivity index (χ0v) is 21.3. The summed E-state index contributed by atoms with van der Waals surface area (Å²) in [7, 11) is -4.07. The number of carboxylic acid groups (broad SMARTS) is 1. The number of benzene rings is 2. The molecule has 1 aliphatic rings. The third-order valence-electron chi connectivity index (χ3n) is 5.92. The SMILES string of the molecule is O=C(O)[C@H](Cc1ccc(-c2ccccn2)cc1)NC(=O)[C@@H]1CCCN1S(=O)(=O)c1cc(Cl)cc(Cl)c1. The van der Waals surface area contributed by atoms with E-state index < -0.39 is 34.0 Å². The van der Waals surface area contributed by atoms with Gasteiger partial charge in [0.05, 0.1) is 10.6 Å². The molecule has 0 radical (unpaired) electrons. The summed E-state index contributed by atoms with van der Waals surface area (Å²) in [6.07, 6.45) is 2.45. The van der Waals surface area contributed by atoms with Crippen LogP contribution in [0.3, 0.4) is 0 Å². The molecule has 2 aromatic carbocycles. The molecule has 3 aromatic rings. The largest absolute Gasteiger partial charge is 0.480 e. The fraction of sp³-hybridized carbons (Fsp3) is 0.240. The Kier molecular flexibility index (Phi) is 7.94. The number of carbonyl (C=O) groups excluding carboxylic acids is 1. The van der Waals surface area contributed by atoms with E-state index in [0.29, 0.717) is 12.0 Å². The molecule has 1 fully saturated rings. The number of amides is 1. The molecular weight excluding hydrogens is 525 g/mol. The van der Waals surface area contributed by atoms with E-state index in [-0.39, 0.29) is 34.3 Å². The fourth-order valence-electron chi connectivity index (χ4n) is 4.15. The molecule has 1 aliphatic heterocycles. The van der Waals surface area contributed by atoms with Crippen molar-refractivity contribution in [3.63, 3.8) is 0 Å². The molecule has 1 amide bonds. The zero-order chi connectivity index (χ0) is 25.9. The van der Waals surface area contributed by atoms with Gasteiger partial charge in [0.1, 0.15) is 12.1 Å². The van der Waals surface area contributed by atoms with Crippen molar-refractivity contribution in [3.8, 4) is 11.3 Å². The van der Waals surface area contributed by atoms with Crippen molar-refractivity contribution in [1.29, 1.82) is 0 Å². The lowest BCUT2D eigenvalue weighted by Gasteiger charge is -2.25. The summed E-state index contributed by atoms with van der Waals surface area (Å²) in [6.45, 7) is 0.122. The van der Waals surface area contributed by atoms with Gasteiger partial charge >= 0.3 is 5.97 Å². The van der Waals surface area contributed by atoms with Gasteiger partial charge < -0.3 is 10.4 Å². The molecule has 0 unspecified atom stereocenters. The quantitative estimate of drug-likeness (QED) is 0.439. The summed E-state index contributed by atoms with van der Waals surface area (Å²) >= 11 is 11.9. The monoisotopic (exact) mass is 547 g/mol. The van der Waals surface area contributed by atoms with Crippen LogP contribution < -0.4 is 5.32 Å². The Labute approximate surface area is 218 Å². The van der Waals surface area contributed by atoms with Crippen LogP contribution in [0.1, 0.15) is 18.4 Å². The Hall–Kier alpha value is -2.98. The predicted molar refractivity (Wildman–Crippen MR) is 136 cm³/mol. The highest BCUT2D eigenvalue weighted by atomic mass is 35.5. The first-order valence-electron chi connectivity index (χ1n) is 11.2. The van der Waals surface area contributed by atoms with E-state index in [1.54, 1.807) is 18.3 Å². The molecule has 2 atom stereocenters. The van der Waals surface area contributed by atoms with Gasteiger partial charge in [0.15, 0.2) is 0 Å². The van der Waals surface area contributed by atoms with Crippen molar-refractivity contribution in [3.05, 3.63) is 82.5 Å². The Morgan fingerprint density at radius 2 is 1.78 bits per heavy atom. The van der Waals surface area contributed by atoms with Crippen LogP contribution in [0, 0.1) is 0 Å². The maximum atomic E-state index is 13.2. The summed E-state index contributed by atoms with van der Waals surface area (Å²) in [5.41, 5.74) is 2.37. The van der Waals surface area contributed by atoms with Crippen molar-refractivity contribution >= 4 is 45.1 Å². The van der Waals surface area contributed by atoms with Gasteiger partial charge in [-0.15, -0.1) is 0 Å². The lowest BCUT2D eigenvalue weighted by molar-refractivity contribution is -0.142. The Bertz CT molecular complexity index is 1350. The van der Waals surface area contributed by atoms with Crippen LogP contribution in [0.2, 0.25) is 10.0 Å². The van der Waals surface area contributed by atoms with Crippen LogP contribution in [0.15, 0.2) is 71.8 Å². The number of halogens is 2. The average molecular weight is 548 g/mol. The van der Waals surface area contributed by atoms with Crippen LogP contribution >= 0.6 is 23.2 Å². The molecule has 0 aliphatic carbocycles. The van der Waals surface area contributed by atoms with E-state index in [1.807, 2.05) is 30.3 Å². The van der Waals surface area contributed by atoms with Crippen molar-refractivity contribution < 1.29 is 23.1 Å². The van der Waals surface area contributed by atoms with Crippen LogP contribution in [0.5, 0.6) is 0 Å². The molecule has 0 spiro atoms. The number of carbonyl (C=O) groups is 2. The maximum Gasteiger partial charge on any atom is 0.326 e. The van der Waals surface area contributed by atoms with E-state index in [1.165, 1.54) is 18.2 Å². The third-order valence-corrected chi connectivity index (χ3v) is 8.24. The number of nitrogens with one attached hydrogen (secondary N) is 1. The second kappa shape index (κ2) is 11.0. The minimum atomic E-state index is -4.07. The minimum Gasteiger partial charge on any atom is -0.480 e. The first-order chi connectivity index (χ1) is 17.1. The number of nitrogens with zero attached hydrogens (tertiary/aromatic N) is 2. The molecule has 2 heterocycles. The van der Waals surface area contributed by atoms with E-state index >= 15 is 0 Å². The van der Waals surface area contributed by atoms with Gasteiger partial charge in [-0.25, -0.2) is 13.2 Å². The van der Waals surface area contributed by atoms with E-state index in [2.05, 4.69) is 10.3 Å². The van der Waals surface area contributed by atoms with Gasteiger partial charge in [-0.2, -0.15) is 4.31 Å². The first kappa shape index (κ1) is 26.1. The number of hydrogen-bond donors (Lipinski definition) is 2. The van der Waals surface area contributed by atoms with Crippen molar-refractivity contribution in [2.45, 2.75) is 36.2 Å². The molecule has 1 saturated heterocycles. The van der Waals surface area contributed by atoms with E-state index in [4.69, 9.17) is 23.2 Å². The average Bonchev–Trinajstić information content (AvgIpc) is 3.35. The highest BCUT2D eigenvalue weighted by Crippen LogP contribution is 2.30. The summed E-state index contributed by atoms with van der Waals surface area (Å²) < 4.78 is 27.5. The van der Waals surface area contributed by atoms with Gasteiger partial charge in [0.2, 0.25) is 15.9 Å². The molecule has 2 N–H and O–H groups in total. The lowest BCUT2D eigenvalue weighted by Crippen LogP contribution is -2.51. The lowest BCUT2D eigenvalue weighted by atomic mass is 10.0. The Morgan fingerprint density at radius 1 is 1.08 bits per heavy atom. The topological polar surface area (TPSA) is 117 Å². The number of carboxylic acids is 1. The summed E-state index contributed by atoms with van der Waals surface area (Å²) in [5, 5.41) is 12.6. The van der Waals surface area contributed by atoms with E-state index in [9.17, 15) is 23.1 Å². The summed E-state index contributed by atoms with van der Waals surface area (Å²) in [6, 6.07) is 14.5. The second-order valence-corrected chi connectivity index (χ2v) is 11.2. The highest BCUT2D eigenvalue weighted by Gasteiger charge is 2.40. The highest BCUT2D eigenvalue weighted by molar-refractivity contribution is 7.89. The summed E-state index contributed by atoms with van der Waals surface area (Å²) in [5.74, 6) is -1.88. The summed E-state index contributed by atoms with van der Waals surface area (Å²) in [4.78, 5) is 29.2. The Morgan fingerprint density at radius 3 is 2.39 bits per heavy atom. The molecule has 11 heteroatoms. The van der Waals surface area contributed by atoms with Crippen molar-refractivity contribution in [1.82, 2.24) is 14.6 Å². The van der Waals surface area contributed by atoms with Crippen LogP contribution in [0.25, 0.3) is 11.3 Å². The first-order valence-corrected chi connectivity index (χ1v) is 13.4. The van der Waals surface area contributed by atoms with Gasteiger partial charge in [-0.1, -0.05) is 53.5 Å². The fourth-order valence-corrected chi connectivity index (χ4v) is 6.54. The molecule has 36 heavy (non-hydrogen) atoms. The zero-order valence-electron chi connectivity index (χ0n) is 19.0. The smallest absolute Gasteiger partial charge is 0.326 e. The predicted octanol–water partition coefficient (Wildman–Crippen LogP) is 4.02. The molecule has 188 valence electrons. The molecule has 4 rings (SSSR count). The van der Waals surface area contributed by atoms with Gasteiger partial charge in [0, 0.05) is 34.8 Å². The molecule has 0 saturated carbocycles. The molecular formula is C25H23Cl2N3O5S. The van der Waals surface area contributed by atoms with Gasteiger partial charge in [-0.3, -0.25) is 9.78 Å². The molecule has 1 aromatic heterocycles. The number of aliphatic carboxylic acids is 1. The number of sulfonamides is 1. The maximum absolute atomic E-state index is 13.2. The van der Waals surface area contributed by atoms with Gasteiger partial charge in [0.25, 0.3) is 0 Å². The van der Waals surface area contributed by atoms with Crippen LogP contribution in [-0.4, -0.2) is 53.3 Å². The molecule has 0 bridgehead atoms. The van der Waals surface area contributed by atoms with Crippen molar-refractivity contribution in [2.24, 2.45) is 0 Å². The number of hydrogen-bond acceptors (Lipinski definition) is 5. The molecule has 8 nitrogen and oxygen atoms in total. The standard InChI is InChI=1S/C25H23Cl2N3O5S/c26-18-13-19(27)15-20(14-18)36(34,35)30-11-3-5-23(30)24(31)29-22(25(32)33)12-16-6-8-17(9-7-16)21-4-1-2-10-28-21/h1-2,4,6-10,13-15,22-23H,3,5,11-12H2,(H,29,31)(H,32,33)/t22-,23-/m0/s1. The number of aromatic nitrogens is 1. The van der Waals surface area contributed by atoms with Crippen molar-refractivity contribution in [2.75, 3.05) is 6.54 Å². The van der Waals surface area contributed by atoms with E-state index in [0.717, 1.165) is 15.6 Å². The minimum absolute atomic E-state index is 0.0347. The van der Waals surface area contributed by atoms with Crippen LogP contribution in [-0.2, 0) is 26.0 Å². The second-order valence-electron chi connectivity index (χ2n) is 8.39. The Balaban J connectivity index is 1.48. The third kappa shape index (κ3) is 5.87. The normalized spacial score (nSPS) is 17.0.